The fraction of sp³-hybridized carbons (Fsp3) is 0.500. The summed E-state index contributed by atoms with van der Waals surface area (Å²) in [5.41, 5.74) is 5.76. The second-order valence-corrected chi connectivity index (χ2v) is 4.49. The van der Waals surface area contributed by atoms with Gasteiger partial charge in [0.25, 0.3) is 0 Å². The highest BCUT2D eigenvalue weighted by Gasteiger charge is 2.25. The summed E-state index contributed by atoms with van der Waals surface area (Å²) < 4.78 is 1.13. The van der Waals surface area contributed by atoms with Gasteiger partial charge in [-0.25, -0.2) is 4.79 Å². The van der Waals surface area contributed by atoms with Crippen molar-refractivity contribution in [3.05, 3.63) is 27.4 Å². The van der Waals surface area contributed by atoms with Crippen LogP contribution in [0.1, 0.15) is 42.8 Å². The maximum absolute atomic E-state index is 11.8. The number of carboxylic acid groups (broad SMARTS) is 1. The van der Waals surface area contributed by atoms with Crippen LogP contribution < -0.4 is 11.4 Å². The highest BCUT2D eigenvalue weighted by Crippen LogP contribution is 2.22. The average molecular weight is 267 g/mol. The lowest BCUT2D eigenvalue weighted by Crippen LogP contribution is -2.36. The smallest absolute Gasteiger partial charge is 0.348 e. The van der Waals surface area contributed by atoms with E-state index >= 15 is 0 Å². The number of nitrogens with two attached hydrogens (primary N) is 1. The van der Waals surface area contributed by atoms with Crippen LogP contribution in [0.3, 0.4) is 0 Å². The molecular weight excluding hydrogens is 250 g/mol. The van der Waals surface area contributed by atoms with Crippen molar-refractivity contribution in [1.29, 1.82) is 0 Å². The van der Waals surface area contributed by atoms with Crippen LogP contribution >= 0.6 is 0 Å². The average Bonchev–Trinajstić information content (AvgIpc) is 2.27. The van der Waals surface area contributed by atoms with Crippen LogP contribution in [0.2, 0.25) is 0 Å². The molecule has 0 radical (unpaired) electrons. The van der Waals surface area contributed by atoms with Crippen molar-refractivity contribution < 1.29 is 14.7 Å². The summed E-state index contributed by atoms with van der Waals surface area (Å²) in [7, 11) is 0. The monoisotopic (exact) mass is 267 g/mol. The summed E-state index contributed by atoms with van der Waals surface area (Å²) in [6.45, 7) is 6.14. The number of hydrogen-bond donors (Lipinski definition) is 2. The predicted octanol–water partition coefficient (Wildman–Crippen LogP) is 0.0945. The molecule has 7 heteroatoms. The summed E-state index contributed by atoms with van der Waals surface area (Å²) in [4.78, 5) is 37.9. The molecule has 104 valence electrons. The minimum Gasteiger partial charge on any atom is -0.481 e. The molecule has 1 rings (SSSR count). The number of amides is 1. The molecule has 0 fully saturated rings. The summed E-state index contributed by atoms with van der Waals surface area (Å²) >= 11 is 0. The number of carbonyl (C=O) groups excluding carboxylic acids is 1. The van der Waals surface area contributed by atoms with Gasteiger partial charge in [-0.2, -0.15) is 4.98 Å². The Kier molecular flexibility index (Phi) is 4.08. The van der Waals surface area contributed by atoms with E-state index in [0.717, 1.165) is 4.57 Å². The van der Waals surface area contributed by atoms with Gasteiger partial charge >= 0.3 is 11.7 Å². The van der Waals surface area contributed by atoms with E-state index in [2.05, 4.69) is 4.98 Å². The molecule has 0 aliphatic rings. The van der Waals surface area contributed by atoms with E-state index in [-0.39, 0.29) is 0 Å². The summed E-state index contributed by atoms with van der Waals surface area (Å²) in [5, 5.41) is 9.09. The topological polar surface area (TPSA) is 115 Å². The molecule has 7 nitrogen and oxygen atoms in total. The van der Waals surface area contributed by atoms with Crippen molar-refractivity contribution in [1.82, 2.24) is 9.55 Å². The zero-order chi connectivity index (χ0) is 14.9. The number of hydrogen-bond acceptors (Lipinski definition) is 4. The van der Waals surface area contributed by atoms with Gasteiger partial charge in [0.2, 0.25) is 5.91 Å². The second kappa shape index (κ2) is 5.21. The molecule has 19 heavy (non-hydrogen) atoms. The Morgan fingerprint density at radius 2 is 1.84 bits per heavy atom. The minimum absolute atomic E-state index is 0.352. The Balaban J connectivity index is 3.60. The van der Waals surface area contributed by atoms with Crippen LogP contribution in [0.15, 0.2) is 4.79 Å². The normalized spacial score (nSPS) is 13.9. The number of primary amides is 1. The number of rotatable bonds is 4. The number of aromatic nitrogens is 2. The van der Waals surface area contributed by atoms with E-state index < -0.39 is 29.5 Å². The third-order valence-corrected chi connectivity index (χ3v) is 3.21. The fourth-order valence-electron chi connectivity index (χ4n) is 2.13. The molecule has 3 N–H and O–H groups in total. The summed E-state index contributed by atoms with van der Waals surface area (Å²) in [5.74, 6) is -2.52. The fourth-order valence-corrected chi connectivity index (χ4v) is 2.13. The van der Waals surface area contributed by atoms with Crippen LogP contribution in [-0.4, -0.2) is 26.5 Å². The molecule has 0 bridgehead atoms. The molecule has 0 saturated heterocycles. The van der Waals surface area contributed by atoms with Crippen molar-refractivity contribution >= 4 is 11.9 Å². The molecule has 0 spiro atoms. The number of carboxylic acids is 1. The quantitative estimate of drug-likeness (QED) is 0.802. The Hall–Kier alpha value is -2.18. The molecule has 1 heterocycles. The van der Waals surface area contributed by atoms with E-state index in [1.54, 1.807) is 13.8 Å². The standard InChI is InChI=1S/C12H17N3O4/c1-5(11(17)18)9-6(2)14-12(19)15(7(9)3)8(4)10(13)16/h5,8H,1-4H3,(H2,13,16)(H,17,18). The lowest BCUT2D eigenvalue weighted by Gasteiger charge is -2.20. The van der Waals surface area contributed by atoms with E-state index in [1.165, 1.54) is 13.8 Å². The molecule has 0 aromatic carbocycles. The molecule has 1 aromatic rings. The SMILES string of the molecule is Cc1nc(=O)n(C(C)C(N)=O)c(C)c1C(C)C(=O)O. The third-order valence-electron chi connectivity index (χ3n) is 3.21. The van der Waals surface area contributed by atoms with Crippen molar-refractivity contribution in [2.75, 3.05) is 0 Å². The lowest BCUT2D eigenvalue weighted by molar-refractivity contribution is -0.138. The molecule has 0 aliphatic heterocycles. The third kappa shape index (κ3) is 2.64. The molecule has 2 unspecified atom stereocenters. The maximum Gasteiger partial charge on any atom is 0.348 e. The van der Waals surface area contributed by atoms with Gasteiger partial charge in [-0.15, -0.1) is 0 Å². The number of nitrogens with zero attached hydrogens (tertiary/aromatic N) is 2. The Morgan fingerprint density at radius 1 is 1.32 bits per heavy atom. The van der Waals surface area contributed by atoms with Gasteiger partial charge in [0.15, 0.2) is 0 Å². The molecule has 0 saturated carbocycles. The molecule has 0 aliphatic carbocycles. The first-order valence-electron chi connectivity index (χ1n) is 5.80. The second-order valence-electron chi connectivity index (χ2n) is 4.49. The zero-order valence-corrected chi connectivity index (χ0v) is 11.3. The lowest BCUT2D eigenvalue weighted by atomic mass is 9.98. The summed E-state index contributed by atoms with van der Waals surface area (Å²) in [6, 6.07) is -0.875. The van der Waals surface area contributed by atoms with Gasteiger partial charge in [-0.05, 0) is 27.7 Å². The first-order chi connectivity index (χ1) is 8.68. The number of aryl methyl sites for hydroxylation is 1. The van der Waals surface area contributed by atoms with Crippen LogP contribution in [0, 0.1) is 13.8 Å². The molecule has 1 amide bonds. The first kappa shape index (κ1) is 14.9. The Morgan fingerprint density at radius 3 is 2.26 bits per heavy atom. The van der Waals surface area contributed by atoms with Crippen LogP contribution in [0.4, 0.5) is 0 Å². The van der Waals surface area contributed by atoms with Crippen LogP contribution in [0.5, 0.6) is 0 Å². The maximum atomic E-state index is 11.8. The van der Waals surface area contributed by atoms with E-state index in [9.17, 15) is 14.4 Å². The van der Waals surface area contributed by atoms with E-state index in [1.807, 2.05) is 0 Å². The Labute approximate surface area is 110 Å². The van der Waals surface area contributed by atoms with E-state index in [0.29, 0.717) is 17.0 Å². The highest BCUT2D eigenvalue weighted by molar-refractivity contribution is 5.78. The first-order valence-corrected chi connectivity index (χ1v) is 5.80. The van der Waals surface area contributed by atoms with Gasteiger partial charge in [-0.1, -0.05) is 0 Å². The highest BCUT2D eigenvalue weighted by atomic mass is 16.4. The van der Waals surface area contributed by atoms with Crippen molar-refractivity contribution in [3.8, 4) is 0 Å². The van der Waals surface area contributed by atoms with Gasteiger partial charge in [-0.3, -0.25) is 14.2 Å². The predicted molar refractivity (Wildman–Crippen MR) is 67.9 cm³/mol. The molecular formula is C12H17N3O4. The van der Waals surface area contributed by atoms with Gasteiger partial charge in [0, 0.05) is 17.0 Å². The van der Waals surface area contributed by atoms with E-state index in [4.69, 9.17) is 10.8 Å². The minimum atomic E-state index is -1.02. The van der Waals surface area contributed by atoms with Crippen LogP contribution in [-0.2, 0) is 9.59 Å². The largest absolute Gasteiger partial charge is 0.481 e. The van der Waals surface area contributed by atoms with Crippen LogP contribution in [0.25, 0.3) is 0 Å². The summed E-state index contributed by atoms with van der Waals surface area (Å²) in [6.07, 6.45) is 0. The molecule has 1 aromatic heterocycles. The van der Waals surface area contributed by atoms with Gasteiger partial charge in [0.1, 0.15) is 6.04 Å². The Bertz CT molecular complexity index is 591. The molecule has 2 atom stereocenters. The van der Waals surface area contributed by atoms with Crippen molar-refractivity contribution in [2.45, 2.75) is 39.7 Å². The number of aliphatic carboxylic acids is 1. The van der Waals surface area contributed by atoms with Gasteiger partial charge in [0.05, 0.1) is 5.92 Å². The van der Waals surface area contributed by atoms with Crippen molar-refractivity contribution in [3.63, 3.8) is 0 Å². The zero-order valence-electron chi connectivity index (χ0n) is 11.3. The van der Waals surface area contributed by atoms with Crippen molar-refractivity contribution in [2.24, 2.45) is 5.73 Å². The van der Waals surface area contributed by atoms with Gasteiger partial charge < -0.3 is 10.8 Å². The number of carbonyl (C=O) groups is 2.